The van der Waals surface area contributed by atoms with E-state index < -0.39 is 49.0 Å². The van der Waals surface area contributed by atoms with Crippen LogP contribution >= 0.6 is 0 Å². The van der Waals surface area contributed by atoms with Gasteiger partial charge in [-0.2, -0.15) is 0 Å². The first-order valence-electron chi connectivity index (χ1n) is 17.3. The van der Waals surface area contributed by atoms with Gasteiger partial charge in [0.1, 0.15) is 24.4 Å². The minimum Gasteiger partial charge on any atom is -0.394 e. The topological polar surface area (TPSA) is 140 Å². The number of allylic oxidation sites excluding steroid dienone is 2. The predicted molar refractivity (Wildman–Crippen MR) is 168 cm³/mol. The lowest BCUT2D eigenvalue weighted by atomic mass is 9.35. The summed E-state index contributed by atoms with van der Waals surface area (Å²) < 4.78 is 12.2. The Balaban J connectivity index is 1.37. The maximum atomic E-state index is 12.0. The number of hydrogen-bond acceptors (Lipinski definition) is 8. The SMILES string of the molecule is CC(C)=CCC[C@](C)(O)[C@H]1CC[C@@]2(C)[C@H]1[C@@H](O)CC1[C@@]3(C)CC[C@@H](O[C@@H]4O[C@H](CO)[C@@H](O)[C@H](O)[C@H]4O)C(C)(C)C3CC[C@]12C. The molecule has 0 aromatic carbocycles. The lowest BCUT2D eigenvalue weighted by Crippen LogP contribution is -2.67. The molecular formula is C36H62O8. The highest BCUT2D eigenvalue weighted by molar-refractivity contribution is 5.20. The van der Waals surface area contributed by atoms with Crippen molar-refractivity contribution in [2.24, 2.45) is 45.3 Å². The van der Waals surface area contributed by atoms with Crippen LogP contribution in [0.3, 0.4) is 0 Å². The minimum atomic E-state index is -1.46. The van der Waals surface area contributed by atoms with Gasteiger partial charge in [-0.25, -0.2) is 0 Å². The molecule has 0 aromatic heterocycles. The molecule has 8 nitrogen and oxygen atoms in total. The summed E-state index contributed by atoms with van der Waals surface area (Å²) in [5.41, 5.74) is 0.122. The van der Waals surface area contributed by atoms with Gasteiger partial charge in [-0.05, 0) is 124 Å². The lowest BCUT2D eigenvalue weighted by molar-refractivity contribution is -0.332. The summed E-state index contributed by atoms with van der Waals surface area (Å²) in [6.07, 6.45) is 3.15. The highest BCUT2D eigenvalue weighted by Crippen LogP contribution is 2.76. The first kappa shape index (κ1) is 34.7. The van der Waals surface area contributed by atoms with E-state index in [-0.39, 0.29) is 39.6 Å². The van der Waals surface area contributed by atoms with Gasteiger partial charge in [-0.1, -0.05) is 46.3 Å². The molecule has 5 rings (SSSR count). The Bertz CT molecular complexity index is 1070. The van der Waals surface area contributed by atoms with Gasteiger partial charge < -0.3 is 40.1 Å². The van der Waals surface area contributed by atoms with Crippen molar-refractivity contribution in [1.82, 2.24) is 0 Å². The summed E-state index contributed by atoms with van der Waals surface area (Å²) in [6, 6.07) is 0. The van der Waals surface area contributed by atoms with E-state index in [1.165, 1.54) is 5.57 Å². The van der Waals surface area contributed by atoms with Crippen molar-refractivity contribution < 1.29 is 40.1 Å². The fourth-order valence-corrected chi connectivity index (χ4v) is 11.9. The molecule has 4 aliphatic carbocycles. The highest BCUT2D eigenvalue weighted by Gasteiger charge is 2.71. The van der Waals surface area contributed by atoms with E-state index in [1.807, 2.05) is 6.92 Å². The molecule has 1 aliphatic heterocycles. The fourth-order valence-electron chi connectivity index (χ4n) is 11.9. The molecule has 5 fully saturated rings. The molecule has 0 spiro atoms. The molecule has 6 N–H and O–H groups in total. The summed E-state index contributed by atoms with van der Waals surface area (Å²) in [5.74, 6) is 0.792. The Morgan fingerprint density at radius 2 is 1.55 bits per heavy atom. The first-order chi connectivity index (χ1) is 20.3. The molecule has 5 aliphatic rings. The minimum absolute atomic E-state index is 0.0231. The van der Waals surface area contributed by atoms with Crippen molar-refractivity contribution >= 4 is 0 Å². The molecule has 15 atom stereocenters. The lowest BCUT2D eigenvalue weighted by Gasteiger charge is -2.70. The third-order valence-corrected chi connectivity index (χ3v) is 14.5. The average molecular weight is 623 g/mol. The number of hydrogen-bond donors (Lipinski definition) is 6. The zero-order chi connectivity index (χ0) is 32.6. The molecule has 44 heavy (non-hydrogen) atoms. The van der Waals surface area contributed by atoms with Gasteiger partial charge in [0.2, 0.25) is 0 Å². The molecular weight excluding hydrogens is 560 g/mol. The van der Waals surface area contributed by atoms with Crippen LogP contribution < -0.4 is 0 Å². The van der Waals surface area contributed by atoms with Crippen LogP contribution in [0.2, 0.25) is 0 Å². The van der Waals surface area contributed by atoms with E-state index in [9.17, 15) is 30.6 Å². The standard InChI is InChI=1S/C36H62O8/c1-20(2)10-9-14-36(8,42)21-11-16-35(7)27(21)22(38)18-25-33(5)15-13-26(32(3,4)24(33)12-17-34(25,35)6)44-31-30(41)29(40)28(39)23(19-37)43-31/h10,21-31,37-42H,9,11-19H2,1-8H3/t21-,22-,23+,24?,25?,26+,27+,28+,29-,30+,31-,33-,34+,35-,36-/m0/s1. The van der Waals surface area contributed by atoms with Gasteiger partial charge in [0, 0.05) is 0 Å². The summed E-state index contributed by atoms with van der Waals surface area (Å²) in [4.78, 5) is 0. The van der Waals surface area contributed by atoms with E-state index in [4.69, 9.17) is 9.47 Å². The van der Waals surface area contributed by atoms with Crippen molar-refractivity contribution in [2.45, 2.75) is 162 Å². The first-order valence-corrected chi connectivity index (χ1v) is 17.3. The molecule has 4 saturated carbocycles. The maximum Gasteiger partial charge on any atom is 0.186 e. The quantitative estimate of drug-likeness (QED) is 0.182. The molecule has 2 unspecified atom stereocenters. The van der Waals surface area contributed by atoms with Crippen LogP contribution in [0.1, 0.15) is 113 Å². The third kappa shape index (κ3) is 5.26. The van der Waals surface area contributed by atoms with Crippen LogP contribution in [-0.2, 0) is 9.47 Å². The van der Waals surface area contributed by atoms with Gasteiger partial charge in [0.15, 0.2) is 6.29 Å². The molecule has 8 heteroatoms. The van der Waals surface area contributed by atoms with Crippen LogP contribution in [0.25, 0.3) is 0 Å². The summed E-state index contributed by atoms with van der Waals surface area (Å²) >= 11 is 0. The average Bonchev–Trinajstić information content (AvgIpc) is 3.32. The Morgan fingerprint density at radius 1 is 0.886 bits per heavy atom. The van der Waals surface area contributed by atoms with Gasteiger partial charge in [-0.15, -0.1) is 0 Å². The van der Waals surface area contributed by atoms with Crippen molar-refractivity contribution in [3.05, 3.63) is 11.6 Å². The van der Waals surface area contributed by atoms with Gasteiger partial charge in [-0.3, -0.25) is 0 Å². The predicted octanol–water partition coefficient (Wildman–Crippen LogP) is 4.32. The Morgan fingerprint density at radius 3 is 2.18 bits per heavy atom. The van der Waals surface area contributed by atoms with Crippen LogP contribution in [0.5, 0.6) is 0 Å². The second-order valence-corrected chi connectivity index (χ2v) is 17.3. The van der Waals surface area contributed by atoms with Gasteiger partial charge in [0.25, 0.3) is 0 Å². The van der Waals surface area contributed by atoms with E-state index >= 15 is 0 Å². The van der Waals surface area contributed by atoms with Crippen molar-refractivity contribution in [2.75, 3.05) is 6.61 Å². The summed E-state index contributed by atoms with van der Waals surface area (Å²) in [5, 5.41) is 64.8. The number of ether oxygens (including phenoxy) is 2. The molecule has 0 aromatic rings. The number of aliphatic hydroxyl groups is 6. The maximum absolute atomic E-state index is 12.0. The van der Waals surface area contributed by atoms with Crippen LogP contribution in [0.4, 0.5) is 0 Å². The van der Waals surface area contributed by atoms with E-state index in [0.717, 1.165) is 51.4 Å². The molecule has 1 heterocycles. The third-order valence-electron chi connectivity index (χ3n) is 14.5. The Labute approximate surface area is 265 Å². The second kappa shape index (κ2) is 11.8. The second-order valence-electron chi connectivity index (χ2n) is 17.3. The van der Waals surface area contributed by atoms with Crippen molar-refractivity contribution in [3.8, 4) is 0 Å². The smallest absolute Gasteiger partial charge is 0.186 e. The number of aliphatic hydroxyl groups excluding tert-OH is 5. The van der Waals surface area contributed by atoms with E-state index in [1.54, 1.807) is 0 Å². The van der Waals surface area contributed by atoms with Gasteiger partial charge >= 0.3 is 0 Å². The van der Waals surface area contributed by atoms with Gasteiger partial charge in [0.05, 0.1) is 24.4 Å². The zero-order valence-electron chi connectivity index (χ0n) is 28.5. The van der Waals surface area contributed by atoms with Crippen molar-refractivity contribution in [3.63, 3.8) is 0 Å². The molecule has 0 amide bonds. The van der Waals surface area contributed by atoms with E-state index in [2.05, 4.69) is 54.5 Å². The molecule has 0 bridgehead atoms. The number of rotatable bonds is 7. The van der Waals surface area contributed by atoms with E-state index in [0.29, 0.717) is 18.3 Å². The van der Waals surface area contributed by atoms with Crippen LogP contribution in [0, 0.1) is 45.3 Å². The zero-order valence-corrected chi connectivity index (χ0v) is 28.5. The largest absolute Gasteiger partial charge is 0.394 e. The molecule has 0 radical (unpaired) electrons. The Kier molecular flexibility index (Phi) is 9.35. The van der Waals surface area contributed by atoms with Crippen LogP contribution in [0.15, 0.2) is 11.6 Å². The monoisotopic (exact) mass is 622 g/mol. The fraction of sp³-hybridized carbons (Fsp3) is 0.944. The number of fused-ring (bicyclic) bond motifs is 5. The Hall–Kier alpha value is -0.580. The van der Waals surface area contributed by atoms with Crippen molar-refractivity contribution in [1.29, 1.82) is 0 Å². The molecule has 254 valence electrons. The van der Waals surface area contributed by atoms with Crippen LogP contribution in [-0.4, -0.2) is 85.8 Å². The summed E-state index contributed by atoms with van der Waals surface area (Å²) in [7, 11) is 0. The highest BCUT2D eigenvalue weighted by atomic mass is 16.7. The normalized spacial score (nSPS) is 51.5. The summed E-state index contributed by atoms with van der Waals surface area (Å²) in [6.45, 7) is 17.5. The molecule has 1 saturated heterocycles.